The van der Waals surface area contributed by atoms with Gasteiger partial charge in [0.1, 0.15) is 0 Å². The van der Waals surface area contributed by atoms with Gasteiger partial charge in [-0.05, 0) is 43.0 Å². The lowest BCUT2D eigenvalue weighted by Gasteiger charge is -2.17. The molecule has 2 unspecified atom stereocenters. The number of benzene rings is 1. The van der Waals surface area contributed by atoms with Crippen LogP contribution in [0.1, 0.15) is 18.9 Å². The second kappa shape index (κ2) is 4.76. The molecule has 2 N–H and O–H groups in total. The van der Waals surface area contributed by atoms with Gasteiger partial charge in [-0.15, -0.1) is 0 Å². The Morgan fingerprint density at radius 1 is 1.50 bits per heavy atom. The lowest BCUT2D eigenvalue weighted by Crippen LogP contribution is -2.21. The van der Waals surface area contributed by atoms with Crippen LogP contribution in [0.5, 0.6) is 0 Å². The maximum atomic E-state index is 5.99. The fraction of sp³-hybridized carbons (Fsp3) is 0.538. The normalized spacial score (nSPS) is 23.8. The summed E-state index contributed by atoms with van der Waals surface area (Å²) in [5.41, 5.74) is 8.09. The number of hydrogen-bond acceptors (Lipinski definition) is 2. The van der Waals surface area contributed by atoms with Crippen LogP contribution in [-0.2, 0) is 6.54 Å². The fourth-order valence-electron chi connectivity index (χ4n) is 2.12. The Bertz CT molecular complexity index is 378. The summed E-state index contributed by atoms with van der Waals surface area (Å²) >= 11 is 3.43. The van der Waals surface area contributed by atoms with Crippen LogP contribution < -0.4 is 5.73 Å². The number of nitrogens with two attached hydrogens (primary N) is 1. The second-order valence-corrected chi connectivity index (χ2v) is 5.93. The number of rotatable bonds is 4. The van der Waals surface area contributed by atoms with Crippen molar-refractivity contribution in [1.29, 1.82) is 0 Å². The minimum absolute atomic E-state index is 0.880. The number of halogens is 1. The van der Waals surface area contributed by atoms with Gasteiger partial charge in [0.05, 0.1) is 0 Å². The van der Waals surface area contributed by atoms with Crippen LogP contribution in [-0.4, -0.2) is 18.5 Å². The molecule has 0 bridgehead atoms. The predicted molar refractivity (Wildman–Crippen MR) is 72.2 cm³/mol. The molecule has 88 valence electrons. The molecule has 2 rings (SSSR count). The Morgan fingerprint density at radius 3 is 2.75 bits per heavy atom. The monoisotopic (exact) mass is 282 g/mol. The molecule has 2 nitrogen and oxygen atoms in total. The van der Waals surface area contributed by atoms with Crippen molar-refractivity contribution in [2.24, 2.45) is 11.8 Å². The number of nitrogen functional groups attached to an aromatic ring is 1. The van der Waals surface area contributed by atoms with Crippen molar-refractivity contribution in [3.05, 3.63) is 28.2 Å². The highest BCUT2D eigenvalue weighted by molar-refractivity contribution is 9.10. The standard InChI is InChI=1S/C13H19BrN2/c1-9-5-11(9)8-16(2)7-10-3-4-12(14)6-13(10)15/h3-4,6,9,11H,5,7-8,15H2,1-2H3. The number of hydrogen-bond donors (Lipinski definition) is 1. The van der Waals surface area contributed by atoms with Crippen LogP contribution in [0.3, 0.4) is 0 Å². The Hall–Kier alpha value is -0.540. The maximum absolute atomic E-state index is 5.99. The van der Waals surface area contributed by atoms with Gasteiger partial charge < -0.3 is 10.6 Å². The van der Waals surface area contributed by atoms with Gasteiger partial charge in [0.15, 0.2) is 0 Å². The van der Waals surface area contributed by atoms with E-state index in [0.29, 0.717) is 0 Å². The van der Waals surface area contributed by atoms with Crippen LogP contribution in [0.2, 0.25) is 0 Å². The summed E-state index contributed by atoms with van der Waals surface area (Å²) in [6.45, 7) is 4.46. The molecule has 0 heterocycles. The van der Waals surface area contributed by atoms with E-state index in [9.17, 15) is 0 Å². The smallest absolute Gasteiger partial charge is 0.0371 e. The molecular weight excluding hydrogens is 264 g/mol. The molecule has 1 aromatic carbocycles. The summed E-state index contributed by atoms with van der Waals surface area (Å²) in [5.74, 6) is 1.83. The van der Waals surface area contributed by atoms with Crippen molar-refractivity contribution >= 4 is 21.6 Å². The van der Waals surface area contributed by atoms with Gasteiger partial charge in [0.2, 0.25) is 0 Å². The van der Waals surface area contributed by atoms with E-state index >= 15 is 0 Å². The molecule has 1 saturated carbocycles. The van der Waals surface area contributed by atoms with E-state index in [1.54, 1.807) is 0 Å². The zero-order valence-corrected chi connectivity index (χ0v) is 11.5. The molecule has 0 spiro atoms. The van der Waals surface area contributed by atoms with E-state index in [1.807, 2.05) is 6.07 Å². The van der Waals surface area contributed by atoms with Crippen LogP contribution in [0, 0.1) is 11.8 Å². The first-order chi connectivity index (χ1) is 7.56. The van der Waals surface area contributed by atoms with Gasteiger partial charge in [-0.25, -0.2) is 0 Å². The summed E-state index contributed by atoms with van der Waals surface area (Å²) in [4.78, 5) is 2.37. The minimum atomic E-state index is 0.880. The molecule has 1 fully saturated rings. The highest BCUT2D eigenvalue weighted by Crippen LogP contribution is 2.38. The zero-order valence-electron chi connectivity index (χ0n) is 9.91. The second-order valence-electron chi connectivity index (χ2n) is 5.01. The lowest BCUT2D eigenvalue weighted by molar-refractivity contribution is 0.308. The predicted octanol–water partition coefficient (Wildman–Crippen LogP) is 3.12. The lowest BCUT2D eigenvalue weighted by atomic mass is 10.1. The summed E-state index contributed by atoms with van der Waals surface area (Å²) in [6.07, 6.45) is 1.39. The molecule has 16 heavy (non-hydrogen) atoms. The molecule has 0 aliphatic heterocycles. The van der Waals surface area contributed by atoms with E-state index in [2.05, 4.69) is 46.9 Å². The molecule has 1 aliphatic carbocycles. The first-order valence-corrected chi connectivity index (χ1v) is 6.58. The molecule has 2 atom stereocenters. The quantitative estimate of drug-likeness (QED) is 0.860. The molecule has 1 aromatic rings. The van der Waals surface area contributed by atoms with Gasteiger partial charge in [0, 0.05) is 23.2 Å². The Labute approximate surface area is 106 Å². The molecule has 1 aliphatic rings. The van der Waals surface area contributed by atoms with Gasteiger partial charge in [-0.2, -0.15) is 0 Å². The highest BCUT2D eigenvalue weighted by atomic mass is 79.9. The summed E-state index contributed by atoms with van der Waals surface area (Å²) < 4.78 is 1.05. The summed E-state index contributed by atoms with van der Waals surface area (Å²) in [7, 11) is 2.17. The van der Waals surface area contributed by atoms with Crippen LogP contribution in [0.25, 0.3) is 0 Å². The molecule has 0 amide bonds. The van der Waals surface area contributed by atoms with Crippen LogP contribution in [0.4, 0.5) is 5.69 Å². The van der Waals surface area contributed by atoms with Gasteiger partial charge in [-0.1, -0.05) is 28.9 Å². The highest BCUT2D eigenvalue weighted by Gasteiger charge is 2.32. The summed E-state index contributed by atoms with van der Waals surface area (Å²) in [5, 5.41) is 0. The largest absolute Gasteiger partial charge is 0.398 e. The third-order valence-corrected chi connectivity index (χ3v) is 3.86. The van der Waals surface area contributed by atoms with Gasteiger partial charge in [-0.3, -0.25) is 0 Å². The third kappa shape index (κ3) is 2.98. The molecular formula is C13H19BrN2. The van der Waals surface area contributed by atoms with Crippen molar-refractivity contribution < 1.29 is 0 Å². The number of anilines is 1. The average molecular weight is 283 g/mol. The van der Waals surface area contributed by atoms with E-state index in [0.717, 1.165) is 28.5 Å². The van der Waals surface area contributed by atoms with Crippen molar-refractivity contribution in [2.45, 2.75) is 19.9 Å². The zero-order chi connectivity index (χ0) is 11.7. The fourth-order valence-corrected chi connectivity index (χ4v) is 2.50. The summed E-state index contributed by atoms with van der Waals surface area (Å²) in [6, 6.07) is 6.13. The van der Waals surface area contributed by atoms with E-state index in [4.69, 9.17) is 5.73 Å². The van der Waals surface area contributed by atoms with E-state index in [1.165, 1.54) is 18.5 Å². The molecule has 3 heteroatoms. The van der Waals surface area contributed by atoms with Crippen molar-refractivity contribution in [1.82, 2.24) is 4.90 Å². The van der Waals surface area contributed by atoms with Gasteiger partial charge in [0.25, 0.3) is 0 Å². The topological polar surface area (TPSA) is 29.3 Å². The Kier molecular flexibility index (Phi) is 3.55. The van der Waals surface area contributed by atoms with E-state index in [-0.39, 0.29) is 0 Å². The molecule has 0 aromatic heterocycles. The van der Waals surface area contributed by atoms with Crippen molar-refractivity contribution in [3.63, 3.8) is 0 Å². The number of nitrogens with zero attached hydrogens (tertiary/aromatic N) is 1. The molecule has 0 radical (unpaired) electrons. The average Bonchev–Trinajstić information content (AvgIpc) is 2.86. The maximum Gasteiger partial charge on any atom is 0.0371 e. The first kappa shape index (κ1) is 11.9. The van der Waals surface area contributed by atoms with Crippen LogP contribution >= 0.6 is 15.9 Å². The van der Waals surface area contributed by atoms with Crippen LogP contribution in [0.15, 0.2) is 22.7 Å². The van der Waals surface area contributed by atoms with Crippen molar-refractivity contribution in [2.75, 3.05) is 19.3 Å². The van der Waals surface area contributed by atoms with Gasteiger partial charge >= 0.3 is 0 Å². The Balaban J connectivity index is 1.92. The Morgan fingerprint density at radius 2 is 2.19 bits per heavy atom. The van der Waals surface area contributed by atoms with Crippen molar-refractivity contribution in [3.8, 4) is 0 Å². The van der Waals surface area contributed by atoms with E-state index < -0.39 is 0 Å². The molecule has 0 saturated heterocycles. The first-order valence-electron chi connectivity index (χ1n) is 5.78. The third-order valence-electron chi connectivity index (χ3n) is 3.37. The minimum Gasteiger partial charge on any atom is -0.398 e. The SMILES string of the molecule is CC1CC1CN(C)Cc1ccc(Br)cc1N.